The van der Waals surface area contributed by atoms with Crippen LogP contribution in [0.4, 0.5) is 4.79 Å². The Morgan fingerprint density at radius 2 is 1.09 bits per heavy atom. The zero-order valence-electron chi connectivity index (χ0n) is 21.7. The van der Waals surface area contributed by atoms with Gasteiger partial charge in [-0.25, -0.2) is 4.79 Å². The Morgan fingerprint density at radius 3 is 1.44 bits per heavy atom. The summed E-state index contributed by atoms with van der Waals surface area (Å²) in [6, 6.07) is 0. The van der Waals surface area contributed by atoms with Crippen LogP contribution in [-0.2, 0) is 14.3 Å². The van der Waals surface area contributed by atoms with Crippen molar-refractivity contribution in [3.05, 3.63) is 0 Å². The average molecular weight is 501 g/mol. The van der Waals surface area contributed by atoms with Gasteiger partial charge in [-0.05, 0) is 83.2 Å². The summed E-state index contributed by atoms with van der Waals surface area (Å²) < 4.78 is 5.44. The topological polar surface area (TPSA) is 82.2 Å². The molecule has 1 N–H and O–H groups in total. The number of likely N-dealkylation sites (tertiary alicyclic amines) is 3. The number of carbonyl (C=O) groups is 3. The van der Waals surface area contributed by atoms with Gasteiger partial charge in [-0.3, -0.25) is 9.59 Å². The molecule has 0 radical (unpaired) electrons. The van der Waals surface area contributed by atoms with Gasteiger partial charge >= 0.3 is 6.09 Å². The minimum atomic E-state index is -0.437. The van der Waals surface area contributed by atoms with Gasteiger partial charge in [-0.15, -0.1) is 12.4 Å². The van der Waals surface area contributed by atoms with E-state index in [1.807, 2.05) is 35.5 Å². The first-order valence-electron chi connectivity index (χ1n) is 12.7. The van der Waals surface area contributed by atoms with Crippen LogP contribution in [0, 0.1) is 23.7 Å². The molecule has 3 amide bonds. The van der Waals surface area contributed by atoms with E-state index in [9.17, 15) is 14.4 Å². The highest BCUT2D eigenvalue weighted by atomic mass is 35.5. The van der Waals surface area contributed by atoms with Gasteiger partial charge in [0, 0.05) is 53.1 Å². The Labute approximate surface area is 211 Å². The van der Waals surface area contributed by atoms with Crippen LogP contribution >= 0.6 is 12.4 Å². The van der Waals surface area contributed by atoms with Crippen molar-refractivity contribution >= 4 is 30.3 Å². The predicted molar refractivity (Wildman–Crippen MR) is 135 cm³/mol. The average Bonchev–Trinajstić information content (AvgIpc) is 3.22. The van der Waals surface area contributed by atoms with Crippen molar-refractivity contribution in [2.24, 2.45) is 23.7 Å². The number of nitrogens with zero attached hydrogens (tertiary/aromatic N) is 3. The summed E-state index contributed by atoms with van der Waals surface area (Å²) in [7, 11) is 0. The van der Waals surface area contributed by atoms with Gasteiger partial charge in [-0.1, -0.05) is 0 Å². The second kappa shape index (κ2) is 12.4. The van der Waals surface area contributed by atoms with E-state index in [1.54, 1.807) is 13.8 Å². The van der Waals surface area contributed by atoms with E-state index < -0.39 is 5.60 Å². The quantitative estimate of drug-likeness (QED) is 0.553. The van der Waals surface area contributed by atoms with Crippen LogP contribution in [0.5, 0.6) is 0 Å². The van der Waals surface area contributed by atoms with Crippen LogP contribution in [0.15, 0.2) is 0 Å². The van der Waals surface area contributed by atoms with Gasteiger partial charge in [0.05, 0.1) is 0 Å². The molecule has 9 heteroatoms. The Bertz CT molecular complexity index is 684. The number of halogens is 1. The molecule has 0 unspecified atom stereocenters. The second-order valence-electron chi connectivity index (χ2n) is 11.3. The molecule has 4 heterocycles. The Morgan fingerprint density at radius 1 is 0.706 bits per heavy atom. The first-order chi connectivity index (χ1) is 15.5. The van der Waals surface area contributed by atoms with Gasteiger partial charge in [0.25, 0.3) is 0 Å². The van der Waals surface area contributed by atoms with Crippen LogP contribution in [0.25, 0.3) is 0 Å². The van der Waals surface area contributed by atoms with Crippen LogP contribution in [0.1, 0.15) is 60.3 Å². The highest BCUT2D eigenvalue weighted by Gasteiger charge is 2.38. The number of rotatable bonds is 0. The molecule has 0 saturated carbocycles. The van der Waals surface area contributed by atoms with E-state index >= 15 is 0 Å². The molecule has 4 aliphatic rings. The molecular weight excluding hydrogens is 456 g/mol. The lowest BCUT2D eigenvalue weighted by Gasteiger charge is -2.25. The molecule has 34 heavy (non-hydrogen) atoms. The molecule has 0 aromatic heterocycles. The van der Waals surface area contributed by atoms with Crippen molar-refractivity contribution in [2.45, 2.75) is 65.9 Å². The molecule has 0 aromatic carbocycles. The van der Waals surface area contributed by atoms with E-state index in [-0.39, 0.29) is 30.3 Å². The van der Waals surface area contributed by atoms with Gasteiger partial charge in [0.15, 0.2) is 0 Å². The maximum absolute atomic E-state index is 12.1. The lowest BCUT2D eigenvalue weighted by Crippen LogP contribution is -2.36. The molecular formula is C25H45ClN4O4. The summed E-state index contributed by atoms with van der Waals surface area (Å²) in [6.07, 6.45) is 4.16. The standard InChI is InChI=1S/C15H26N2O3.C10H18N2O.ClH/c1-11(18)16-7-5-12-9-17(10-13(12)6-8-16)14(19)20-15(2,3)4;1-8(13)12-4-2-9-6-11-7-10(9)3-5-12;/h12-13H,5-10H2,1-4H3;9-11H,2-7H2,1H3;1H/t12-,13+;9-,10+;. The molecule has 8 nitrogen and oxygen atoms in total. The third-order valence-corrected chi connectivity index (χ3v) is 7.68. The van der Waals surface area contributed by atoms with E-state index in [0.717, 1.165) is 77.0 Å². The van der Waals surface area contributed by atoms with Gasteiger partial charge < -0.3 is 24.8 Å². The number of amides is 3. The highest BCUT2D eigenvalue weighted by molar-refractivity contribution is 5.85. The van der Waals surface area contributed by atoms with Crippen molar-refractivity contribution in [2.75, 3.05) is 52.4 Å². The van der Waals surface area contributed by atoms with Crippen LogP contribution in [0.3, 0.4) is 0 Å². The number of nitrogens with one attached hydrogen (secondary N) is 1. The second-order valence-corrected chi connectivity index (χ2v) is 11.3. The molecule has 0 bridgehead atoms. The number of hydrogen-bond donors (Lipinski definition) is 1. The minimum absolute atomic E-state index is 0. The van der Waals surface area contributed by atoms with Crippen molar-refractivity contribution in [1.82, 2.24) is 20.0 Å². The first kappa shape index (κ1) is 28.7. The van der Waals surface area contributed by atoms with Gasteiger partial charge in [0.1, 0.15) is 5.60 Å². The monoisotopic (exact) mass is 500 g/mol. The molecule has 4 fully saturated rings. The largest absolute Gasteiger partial charge is 0.444 e. The molecule has 0 spiro atoms. The zero-order chi connectivity index (χ0) is 24.2. The summed E-state index contributed by atoms with van der Waals surface area (Å²) in [6.45, 7) is 16.4. The molecule has 4 atom stereocenters. The van der Waals surface area contributed by atoms with Crippen molar-refractivity contribution in [3.8, 4) is 0 Å². The first-order valence-corrected chi connectivity index (χ1v) is 12.7. The molecule has 0 aromatic rings. The number of fused-ring (bicyclic) bond motifs is 2. The minimum Gasteiger partial charge on any atom is -0.444 e. The maximum atomic E-state index is 12.1. The van der Waals surface area contributed by atoms with Crippen LogP contribution in [0.2, 0.25) is 0 Å². The molecule has 4 rings (SSSR count). The van der Waals surface area contributed by atoms with Crippen LogP contribution in [-0.4, -0.2) is 90.6 Å². The summed E-state index contributed by atoms with van der Waals surface area (Å²) in [5, 5.41) is 3.43. The molecule has 4 aliphatic heterocycles. The summed E-state index contributed by atoms with van der Waals surface area (Å²) in [4.78, 5) is 40.5. The summed E-state index contributed by atoms with van der Waals surface area (Å²) in [5.41, 5.74) is -0.437. The van der Waals surface area contributed by atoms with E-state index in [1.165, 1.54) is 12.8 Å². The number of ether oxygens (including phenoxy) is 1. The number of hydrogen-bond acceptors (Lipinski definition) is 5. The lowest BCUT2D eigenvalue weighted by atomic mass is 9.92. The Kier molecular flexibility index (Phi) is 10.5. The highest BCUT2D eigenvalue weighted by Crippen LogP contribution is 2.32. The Hall–Kier alpha value is -1.54. The predicted octanol–water partition coefficient (Wildman–Crippen LogP) is 3.00. The van der Waals surface area contributed by atoms with Crippen molar-refractivity contribution in [3.63, 3.8) is 0 Å². The lowest BCUT2D eigenvalue weighted by molar-refractivity contribution is -0.129. The van der Waals surface area contributed by atoms with Gasteiger partial charge in [0.2, 0.25) is 11.8 Å². The molecule has 0 aliphatic carbocycles. The fourth-order valence-electron chi connectivity index (χ4n) is 5.67. The van der Waals surface area contributed by atoms with Gasteiger partial charge in [-0.2, -0.15) is 0 Å². The molecule has 196 valence electrons. The number of carbonyl (C=O) groups excluding carboxylic acids is 3. The SMILES string of the molecule is CC(=O)N1CC[C@@H]2CN(C(=O)OC(C)(C)C)C[C@@H]2CC1.CC(=O)N1CC[C@@H]2CNC[C@@H]2CC1.Cl. The smallest absolute Gasteiger partial charge is 0.410 e. The molecule has 4 saturated heterocycles. The van der Waals surface area contributed by atoms with Crippen LogP contribution < -0.4 is 5.32 Å². The van der Waals surface area contributed by atoms with Crippen molar-refractivity contribution in [1.29, 1.82) is 0 Å². The third kappa shape index (κ3) is 8.01. The normalized spacial score (nSPS) is 28.9. The summed E-state index contributed by atoms with van der Waals surface area (Å²) in [5.74, 6) is 3.06. The Balaban J connectivity index is 0.000000253. The third-order valence-electron chi connectivity index (χ3n) is 7.68. The van der Waals surface area contributed by atoms with Crippen molar-refractivity contribution < 1.29 is 19.1 Å². The zero-order valence-corrected chi connectivity index (χ0v) is 22.5. The van der Waals surface area contributed by atoms with E-state index in [2.05, 4.69) is 5.32 Å². The summed E-state index contributed by atoms with van der Waals surface area (Å²) >= 11 is 0. The van der Waals surface area contributed by atoms with E-state index in [4.69, 9.17) is 4.74 Å². The van der Waals surface area contributed by atoms with E-state index in [0.29, 0.717) is 11.8 Å². The fraction of sp³-hybridized carbons (Fsp3) is 0.880. The maximum Gasteiger partial charge on any atom is 0.410 e. The fourth-order valence-corrected chi connectivity index (χ4v) is 5.67.